The van der Waals surface area contributed by atoms with Gasteiger partial charge in [-0.15, -0.1) is 0 Å². The molecule has 3 rings (SSSR count). The third-order valence-corrected chi connectivity index (χ3v) is 5.55. The van der Waals surface area contributed by atoms with E-state index in [4.69, 9.17) is 0 Å². The first-order valence-electron chi connectivity index (χ1n) is 10.8. The molecule has 0 saturated carbocycles. The van der Waals surface area contributed by atoms with Crippen LogP contribution in [0.3, 0.4) is 0 Å². The lowest BCUT2D eigenvalue weighted by Gasteiger charge is -2.23. The van der Waals surface area contributed by atoms with Gasteiger partial charge in [0.15, 0.2) is 0 Å². The maximum absolute atomic E-state index is 12.8. The van der Waals surface area contributed by atoms with Gasteiger partial charge in [0.2, 0.25) is 11.8 Å². The van der Waals surface area contributed by atoms with Crippen molar-refractivity contribution in [1.29, 1.82) is 0 Å². The Morgan fingerprint density at radius 2 is 1.41 bits per heavy atom. The van der Waals surface area contributed by atoms with Crippen LogP contribution in [0, 0.1) is 20.8 Å². The molecule has 3 aromatic rings. The van der Waals surface area contributed by atoms with Gasteiger partial charge in [-0.2, -0.15) is 0 Å². The van der Waals surface area contributed by atoms with Crippen molar-refractivity contribution in [3.05, 3.63) is 101 Å². The zero-order valence-corrected chi connectivity index (χ0v) is 19.2. The number of hydrogen-bond donors (Lipinski definition) is 2. The molecule has 0 aliphatic heterocycles. The van der Waals surface area contributed by atoms with Gasteiger partial charge in [0.1, 0.15) is 0 Å². The smallest absolute Gasteiger partial charge is 0.243 e. The van der Waals surface area contributed by atoms with Gasteiger partial charge >= 0.3 is 0 Å². The maximum Gasteiger partial charge on any atom is 0.243 e. The average molecular weight is 430 g/mol. The van der Waals surface area contributed by atoms with E-state index in [0.717, 1.165) is 27.9 Å². The zero-order chi connectivity index (χ0) is 23.1. The van der Waals surface area contributed by atoms with Crippen LogP contribution < -0.4 is 10.6 Å². The second kappa shape index (κ2) is 10.7. The molecule has 0 aromatic heterocycles. The fraction of sp³-hybridized carbons (Fsp3) is 0.259. The Labute approximate surface area is 190 Å². The van der Waals surface area contributed by atoms with E-state index in [-0.39, 0.29) is 30.9 Å². The molecule has 2 N–H and O–H groups in total. The lowest BCUT2D eigenvalue weighted by molar-refractivity contribution is -0.132. The molecular weight excluding hydrogens is 398 g/mol. The van der Waals surface area contributed by atoms with E-state index < -0.39 is 0 Å². The van der Waals surface area contributed by atoms with Gasteiger partial charge in [-0.05, 0) is 43.0 Å². The van der Waals surface area contributed by atoms with E-state index in [1.807, 2.05) is 62.4 Å². The molecule has 5 nitrogen and oxygen atoms in total. The van der Waals surface area contributed by atoms with Crippen LogP contribution >= 0.6 is 0 Å². The van der Waals surface area contributed by atoms with E-state index in [0.29, 0.717) is 0 Å². The first-order valence-corrected chi connectivity index (χ1v) is 10.8. The van der Waals surface area contributed by atoms with Crippen molar-refractivity contribution in [2.75, 3.05) is 25.5 Å². The van der Waals surface area contributed by atoms with Crippen molar-refractivity contribution in [2.24, 2.45) is 0 Å². The summed E-state index contributed by atoms with van der Waals surface area (Å²) in [7, 11) is 1.65. The fourth-order valence-electron chi connectivity index (χ4n) is 3.65. The highest BCUT2D eigenvalue weighted by atomic mass is 16.2. The Kier molecular flexibility index (Phi) is 7.79. The van der Waals surface area contributed by atoms with Crippen LogP contribution in [-0.2, 0) is 9.59 Å². The summed E-state index contributed by atoms with van der Waals surface area (Å²) in [4.78, 5) is 26.7. The van der Waals surface area contributed by atoms with Gasteiger partial charge in [-0.3, -0.25) is 14.9 Å². The van der Waals surface area contributed by atoms with Gasteiger partial charge in [0.05, 0.1) is 19.1 Å². The van der Waals surface area contributed by atoms with E-state index in [1.54, 1.807) is 7.05 Å². The summed E-state index contributed by atoms with van der Waals surface area (Å²) < 4.78 is 0. The first kappa shape index (κ1) is 23.2. The van der Waals surface area contributed by atoms with Crippen LogP contribution in [-0.4, -0.2) is 36.9 Å². The van der Waals surface area contributed by atoms with Gasteiger partial charge in [0, 0.05) is 12.7 Å². The Morgan fingerprint density at radius 3 is 2.03 bits per heavy atom. The van der Waals surface area contributed by atoms with Crippen molar-refractivity contribution in [3.63, 3.8) is 0 Å². The van der Waals surface area contributed by atoms with Crippen molar-refractivity contribution >= 4 is 17.5 Å². The molecule has 32 heavy (non-hydrogen) atoms. The average Bonchev–Trinajstić information content (AvgIpc) is 2.78. The molecule has 0 aliphatic carbocycles. The van der Waals surface area contributed by atoms with E-state index in [2.05, 4.69) is 41.8 Å². The van der Waals surface area contributed by atoms with Crippen LogP contribution in [0.25, 0.3) is 0 Å². The monoisotopic (exact) mass is 429 g/mol. The van der Waals surface area contributed by atoms with Crippen molar-refractivity contribution < 1.29 is 9.59 Å². The van der Waals surface area contributed by atoms with Crippen molar-refractivity contribution in [1.82, 2.24) is 10.2 Å². The highest BCUT2D eigenvalue weighted by Crippen LogP contribution is 2.22. The molecule has 5 heteroatoms. The summed E-state index contributed by atoms with van der Waals surface area (Å²) >= 11 is 0. The highest BCUT2D eigenvalue weighted by molar-refractivity contribution is 5.95. The predicted molar refractivity (Wildman–Crippen MR) is 130 cm³/mol. The Hall–Kier alpha value is -3.44. The number of anilines is 1. The highest BCUT2D eigenvalue weighted by Gasteiger charge is 2.18. The van der Waals surface area contributed by atoms with E-state index >= 15 is 0 Å². The largest absolute Gasteiger partial charge is 0.335 e. The third-order valence-electron chi connectivity index (χ3n) is 5.55. The maximum atomic E-state index is 12.8. The third kappa shape index (κ3) is 6.05. The fourth-order valence-corrected chi connectivity index (χ4v) is 3.65. The van der Waals surface area contributed by atoms with E-state index in [9.17, 15) is 9.59 Å². The molecule has 1 atom stereocenters. The lowest BCUT2D eigenvalue weighted by atomic mass is 9.98. The number of amides is 2. The summed E-state index contributed by atoms with van der Waals surface area (Å²) in [5.74, 6) is -0.355. The molecular formula is C27H31N3O2. The van der Waals surface area contributed by atoms with Crippen LogP contribution in [0.5, 0.6) is 0 Å². The number of aryl methyl sites for hydroxylation is 3. The molecule has 0 radical (unpaired) electrons. The first-order chi connectivity index (χ1) is 15.3. The Bertz CT molecular complexity index is 1040. The molecule has 0 unspecified atom stereocenters. The zero-order valence-electron chi connectivity index (χ0n) is 19.2. The minimum atomic E-state index is -0.212. The molecule has 166 valence electrons. The molecule has 3 aromatic carbocycles. The predicted octanol–water partition coefficient (Wildman–Crippen LogP) is 4.39. The summed E-state index contributed by atoms with van der Waals surface area (Å²) in [5, 5.41) is 6.30. The van der Waals surface area contributed by atoms with Crippen molar-refractivity contribution in [2.45, 2.75) is 26.8 Å². The van der Waals surface area contributed by atoms with Crippen LogP contribution in [0.1, 0.15) is 33.9 Å². The second-order valence-corrected chi connectivity index (χ2v) is 8.20. The van der Waals surface area contributed by atoms with Gasteiger partial charge in [-0.25, -0.2) is 0 Å². The number of rotatable bonds is 8. The number of carbonyl (C=O) groups is 2. The molecule has 0 heterocycles. The summed E-state index contributed by atoms with van der Waals surface area (Å²) in [5.41, 5.74) is 6.16. The molecule has 0 fully saturated rings. The molecule has 0 bridgehead atoms. The SMILES string of the molecule is Cc1ccc([C@H](NCC(=O)N(C)CC(=O)Nc2c(C)cccc2C)c2ccccc2)cc1. The second-order valence-electron chi connectivity index (χ2n) is 8.20. The molecule has 0 saturated heterocycles. The number of benzene rings is 3. The number of carbonyl (C=O) groups excluding carboxylic acids is 2. The number of likely N-dealkylation sites (N-methyl/N-ethyl adjacent to an activating group) is 1. The quantitative estimate of drug-likeness (QED) is 0.558. The summed E-state index contributed by atoms with van der Waals surface area (Å²) in [6.45, 7) is 6.08. The van der Waals surface area contributed by atoms with Crippen LogP contribution in [0.4, 0.5) is 5.69 Å². The van der Waals surface area contributed by atoms with E-state index in [1.165, 1.54) is 10.5 Å². The van der Waals surface area contributed by atoms with Gasteiger partial charge in [-0.1, -0.05) is 78.4 Å². The van der Waals surface area contributed by atoms with Crippen LogP contribution in [0.15, 0.2) is 72.8 Å². The number of nitrogens with one attached hydrogen (secondary N) is 2. The minimum absolute atomic E-state index is 0.00514. The van der Waals surface area contributed by atoms with Crippen LogP contribution in [0.2, 0.25) is 0 Å². The Balaban J connectivity index is 1.63. The summed E-state index contributed by atoms with van der Waals surface area (Å²) in [6, 6.07) is 24.1. The molecule has 0 aliphatic rings. The van der Waals surface area contributed by atoms with Crippen molar-refractivity contribution in [3.8, 4) is 0 Å². The Morgan fingerprint density at radius 1 is 0.812 bits per heavy atom. The number of hydrogen-bond acceptors (Lipinski definition) is 3. The lowest BCUT2D eigenvalue weighted by Crippen LogP contribution is -2.41. The standard InChI is InChI=1S/C27H31N3O2/c1-19-13-15-23(16-14-19)27(22-11-6-5-7-12-22)28-17-25(32)30(4)18-24(31)29-26-20(2)9-8-10-21(26)3/h5-16,27-28H,17-18H2,1-4H3,(H,29,31)/t27-/m1/s1. The molecule has 2 amide bonds. The number of para-hydroxylation sites is 1. The minimum Gasteiger partial charge on any atom is -0.335 e. The topological polar surface area (TPSA) is 61.4 Å². The van der Waals surface area contributed by atoms with Gasteiger partial charge < -0.3 is 10.2 Å². The normalized spacial score (nSPS) is 11.6. The summed E-state index contributed by atoms with van der Waals surface area (Å²) in [6.07, 6.45) is 0. The van der Waals surface area contributed by atoms with Gasteiger partial charge in [0.25, 0.3) is 0 Å². The number of nitrogens with zero attached hydrogens (tertiary/aromatic N) is 1. The molecule has 0 spiro atoms.